The topological polar surface area (TPSA) is 74.5 Å². The Morgan fingerprint density at radius 1 is 1.21 bits per heavy atom. The maximum atomic E-state index is 12.4. The minimum atomic E-state index is -0.149. The molecule has 156 valence electrons. The molecule has 0 spiro atoms. The van der Waals surface area contributed by atoms with Gasteiger partial charge in [0.1, 0.15) is 5.82 Å². The van der Waals surface area contributed by atoms with E-state index in [9.17, 15) is 4.79 Å². The van der Waals surface area contributed by atoms with Gasteiger partial charge in [-0.3, -0.25) is 9.69 Å². The van der Waals surface area contributed by atoms with E-state index in [1.165, 1.54) is 25.7 Å². The summed E-state index contributed by atoms with van der Waals surface area (Å²) in [6, 6.07) is 6.49. The number of rotatable bonds is 7. The summed E-state index contributed by atoms with van der Waals surface area (Å²) in [5.41, 5.74) is 1.49. The number of nitrogens with one attached hydrogen (secondary N) is 1. The first-order valence-electron chi connectivity index (χ1n) is 10.9. The van der Waals surface area contributed by atoms with Crippen LogP contribution in [0, 0.1) is 0 Å². The molecule has 2 aromatic heterocycles. The van der Waals surface area contributed by atoms with Gasteiger partial charge in [-0.2, -0.15) is 0 Å². The number of hydrogen-bond acceptors (Lipinski definition) is 6. The minimum absolute atomic E-state index is 0.149. The molecule has 0 bridgehead atoms. The van der Waals surface area contributed by atoms with Crippen molar-refractivity contribution in [3.05, 3.63) is 41.4 Å². The second kappa shape index (κ2) is 9.39. The number of hydrogen-bond donors (Lipinski definition) is 1. The average Bonchev–Trinajstić information content (AvgIpc) is 3.45. The lowest BCUT2D eigenvalue weighted by molar-refractivity contribution is 0.0946. The van der Waals surface area contributed by atoms with Crippen molar-refractivity contribution in [1.29, 1.82) is 0 Å². The Morgan fingerprint density at radius 3 is 2.69 bits per heavy atom. The highest BCUT2D eigenvalue weighted by Gasteiger charge is 2.26. The Kier molecular flexibility index (Phi) is 6.44. The first-order chi connectivity index (χ1) is 14.2. The SMILES string of the molecule is CCCc1cc(CNC(=O)c2ccc(N3CCN(C4CCCC4)CC3)nc2)on1. The van der Waals surface area contributed by atoms with E-state index in [4.69, 9.17) is 4.52 Å². The van der Waals surface area contributed by atoms with Crippen LogP contribution in [0.4, 0.5) is 5.82 Å². The molecule has 0 unspecified atom stereocenters. The van der Waals surface area contributed by atoms with E-state index < -0.39 is 0 Å². The first kappa shape index (κ1) is 19.9. The molecule has 1 saturated carbocycles. The van der Waals surface area contributed by atoms with E-state index >= 15 is 0 Å². The van der Waals surface area contributed by atoms with E-state index in [2.05, 4.69) is 32.2 Å². The summed E-state index contributed by atoms with van der Waals surface area (Å²) < 4.78 is 5.26. The second-order valence-electron chi connectivity index (χ2n) is 8.08. The van der Waals surface area contributed by atoms with Crippen LogP contribution in [-0.2, 0) is 13.0 Å². The van der Waals surface area contributed by atoms with Gasteiger partial charge >= 0.3 is 0 Å². The lowest BCUT2D eigenvalue weighted by atomic mass is 10.2. The molecule has 0 aromatic carbocycles. The van der Waals surface area contributed by atoms with Gasteiger partial charge in [0, 0.05) is 44.5 Å². The predicted molar refractivity (Wildman–Crippen MR) is 112 cm³/mol. The molecule has 2 aliphatic rings. The van der Waals surface area contributed by atoms with Gasteiger partial charge in [0.25, 0.3) is 5.91 Å². The second-order valence-corrected chi connectivity index (χ2v) is 8.08. The molecule has 1 aliphatic heterocycles. The van der Waals surface area contributed by atoms with E-state index in [0.717, 1.165) is 56.6 Å². The molecule has 0 radical (unpaired) electrons. The summed E-state index contributed by atoms with van der Waals surface area (Å²) in [6.07, 6.45) is 9.05. The van der Waals surface area contributed by atoms with Crippen LogP contribution in [-0.4, -0.2) is 53.2 Å². The fourth-order valence-corrected chi connectivity index (χ4v) is 4.38. The molecule has 1 aliphatic carbocycles. The highest BCUT2D eigenvalue weighted by Crippen LogP contribution is 2.25. The fourth-order valence-electron chi connectivity index (χ4n) is 4.38. The monoisotopic (exact) mass is 397 g/mol. The van der Waals surface area contributed by atoms with Crippen LogP contribution in [0.25, 0.3) is 0 Å². The Bertz CT molecular complexity index is 790. The molecule has 4 rings (SSSR count). The standard InChI is InChI=1S/C22H31N5O2/c1-2-5-18-14-20(29-25-18)16-24-22(28)17-8-9-21(23-15-17)27-12-10-26(11-13-27)19-6-3-4-7-19/h8-9,14-15,19H,2-7,10-13,16H2,1H3,(H,24,28). The van der Waals surface area contributed by atoms with Crippen molar-refractivity contribution in [2.24, 2.45) is 0 Å². The zero-order chi connectivity index (χ0) is 20.1. The molecular weight excluding hydrogens is 366 g/mol. The summed E-state index contributed by atoms with van der Waals surface area (Å²) in [5.74, 6) is 1.47. The molecule has 1 N–H and O–H groups in total. The smallest absolute Gasteiger partial charge is 0.253 e. The zero-order valence-electron chi connectivity index (χ0n) is 17.3. The van der Waals surface area contributed by atoms with Crippen molar-refractivity contribution in [1.82, 2.24) is 20.4 Å². The number of piperazine rings is 1. The fraction of sp³-hybridized carbons (Fsp3) is 0.591. The van der Waals surface area contributed by atoms with E-state index in [-0.39, 0.29) is 5.91 Å². The maximum absolute atomic E-state index is 12.4. The van der Waals surface area contributed by atoms with Gasteiger partial charge in [0.2, 0.25) is 0 Å². The number of carbonyl (C=O) groups is 1. The third kappa shape index (κ3) is 4.96. The van der Waals surface area contributed by atoms with Crippen LogP contribution in [0.5, 0.6) is 0 Å². The zero-order valence-corrected chi connectivity index (χ0v) is 17.3. The van der Waals surface area contributed by atoms with Crippen molar-refractivity contribution in [2.45, 2.75) is 58.0 Å². The molecule has 2 aromatic rings. The number of pyridine rings is 1. The van der Waals surface area contributed by atoms with E-state index in [1.807, 2.05) is 18.2 Å². The molecular formula is C22H31N5O2. The molecule has 2 fully saturated rings. The largest absolute Gasteiger partial charge is 0.359 e. The van der Waals surface area contributed by atoms with Gasteiger partial charge in [-0.15, -0.1) is 0 Å². The number of nitrogens with zero attached hydrogens (tertiary/aromatic N) is 4. The van der Waals surface area contributed by atoms with E-state index in [1.54, 1.807) is 6.20 Å². The molecule has 29 heavy (non-hydrogen) atoms. The lowest BCUT2D eigenvalue weighted by Gasteiger charge is -2.38. The van der Waals surface area contributed by atoms with Crippen LogP contribution in [0.15, 0.2) is 28.9 Å². The van der Waals surface area contributed by atoms with Crippen LogP contribution < -0.4 is 10.2 Å². The van der Waals surface area contributed by atoms with Crippen LogP contribution in [0.2, 0.25) is 0 Å². The Labute approximate surface area is 172 Å². The van der Waals surface area contributed by atoms with Crippen molar-refractivity contribution < 1.29 is 9.32 Å². The predicted octanol–water partition coefficient (Wildman–Crippen LogP) is 3.02. The number of aryl methyl sites for hydroxylation is 1. The average molecular weight is 398 g/mol. The summed E-state index contributed by atoms with van der Waals surface area (Å²) in [5, 5.41) is 6.88. The number of carbonyl (C=O) groups excluding carboxylic acids is 1. The number of aromatic nitrogens is 2. The Hall–Kier alpha value is -2.41. The third-order valence-electron chi connectivity index (χ3n) is 6.03. The van der Waals surface area contributed by atoms with Gasteiger partial charge in [-0.1, -0.05) is 31.3 Å². The molecule has 7 nitrogen and oxygen atoms in total. The number of anilines is 1. The normalized spacial score (nSPS) is 18.3. The summed E-state index contributed by atoms with van der Waals surface area (Å²) in [6.45, 7) is 6.64. The van der Waals surface area contributed by atoms with Crippen molar-refractivity contribution in [2.75, 3.05) is 31.1 Å². The van der Waals surface area contributed by atoms with Gasteiger partial charge in [0.15, 0.2) is 5.76 Å². The maximum Gasteiger partial charge on any atom is 0.253 e. The van der Waals surface area contributed by atoms with E-state index in [0.29, 0.717) is 17.9 Å². The quantitative estimate of drug-likeness (QED) is 0.774. The first-order valence-corrected chi connectivity index (χ1v) is 10.9. The van der Waals surface area contributed by atoms with Crippen LogP contribution in [0.1, 0.15) is 60.8 Å². The Morgan fingerprint density at radius 2 is 2.00 bits per heavy atom. The van der Waals surface area contributed by atoms with Crippen molar-refractivity contribution in [3.63, 3.8) is 0 Å². The van der Waals surface area contributed by atoms with Crippen LogP contribution in [0.3, 0.4) is 0 Å². The highest BCUT2D eigenvalue weighted by molar-refractivity contribution is 5.93. The van der Waals surface area contributed by atoms with Gasteiger partial charge in [-0.25, -0.2) is 4.98 Å². The summed E-state index contributed by atoms with van der Waals surface area (Å²) in [4.78, 5) is 21.9. The Balaban J connectivity index is 1.26. The van der Waals surface area contributed by atoms with Crippen LogP contribution >= 0.6 is 0 Å². The van der Waals surface area contributed by atoms with Crippen molar-refractivity contribution >= 4 is 11.7 Å². The lowest BCUT2D eigenvalue weighted by Crippen LogP contribution is -2.50. The molecule has 7 heteroatoms. The van der Waals surface area contributed by atoms with Gasteiger partial charge in [0.05, 0.1) is 17.8 Å². The van der Waals surface area contributed by atoms with Gasteiger partial charge in [-0.05, 0) is 31.4 Å². The highest BCUT2D eigenvalue weighted by atomic mass is 16.5. The van der Waals surface area contributed by atoms with Crippen molar-refractivity contribution in [3.8, 4) is 0 Å². The molecule has 3 heterocycles. The molecule has 1 amide bonds. The summed E-state index contributed by atoms with van der Waals surface area (Å²) in [7, 11) is 0. The molecule has 1 saturated heterocycles. The molecule has 0 atom stereocenters. The third-order valence-corrected chi connectivity index (χ3v) is 6.03. The van der Waals surface area contributed by atoms with Gasteiger partial charge < -0.3 is 14.7 Å². The minimum Gasteiger partial charge on any atom is -0.359 e. The summed E-state index contributed by atoms with van der Waals surface area (Å²) >= 11 is 0. The number of amides is 1.